The average molecular weight is 452 g/mol. The Balaban J connectivity index is 0.000000491. The first kappa shape index (κ1) is 23.8. The molecule has 4 rings (SSSR count). The third-order valence-electron chi connectivity index (χ3n) is 6.34. The van der Waals surface area contributed by atoms with E-state index in [0.717, 1.165) is 31.6 Å². The van der Waals surface area contributed by atoms with E-state index in [1.54, 1.807) is 0 Å². The van der Waals surface area contributed by atoms with E-state index >= 15 is 0 Å². The monoisotopic (exact) mass is 452 g/mol. The molecule has 4 N–H and O–H groups in total. The van der Waals surface area contributed by atoms with E-state index in [-0.39, 0.29) is 6.03 Å². The molecule has 2 amide bonds. The summed E-state index contributed by atoms with van der Waals surface area (Å²) in [5.74, 6) is 0.620. The number of likely N-dealkylation sites (N-methyl/N-ethyl adjacent to an activating group) is 1. The van der Waals surface area contributed by atoms with Crippen molar-refractivity contribution in [3.8, 4) is 0 Å². The Morgan fingerprint density at radius 1 is 1.23 bits per heavy atom. The van der Waals surface area contributed by atoms with Crippen LogP contribution in [0.4, 0.5) is 4.79 Å². The van der Waals surface area contributed by atoms with Crippen molar-refractivity contribution >= 4 is 24.8 Å². The largest absolute Gasteiger partial charge is 0.466 e. The number of fused-ring (bicyclic) bond motifs is 2. The minimum absolute atomic E-state index is 0.0318. The van der Waals surface area contributed by atoms with Gasteiger partial charge >= 0.3 is 13.9 Å². The van der Waals surface area contributed by atoms with E-state index in [9.17, 15) is 4.79 Å². The van der Waals surface area contributed by atoms with Gasteiger partial charge in [-0.2, -0.15) is 0 Å². The van der Waals surface area contributed by atoms with Crippen molar-refractivity contribution in [2.75, 3.05) is 31.6 Å². The molecule has 172 valence electrons. The third kappa shape index (κ3) is 5.30. The molecule has 10 heteroatoms. The number of hydrogen-bond donors (Lipinski definition) is 4. The van der Waals surface area contributed by atoms with Crippen LogP contribution in [0, 0.1) is 0 Å². The summed E-state index contributed by atoms with van der Waals surface area (Å²) < 4.78 is 10.8. The Morgan fingerprint density at radius 2 is 1.90 bits per heavy atom. The lowest BCUT2D eigenvalue weighted by atomic mass is 9.75. The lowest BCUT2D eigenvalue weighted by Crippen LogP contribution is -2.46. The molecule has 9 nitrogen and oxygen atoms in total. The first-order valence-electron chi connectivity index (χ1n) is 10.9. The van der Waals surface area contributed by atoms with Crippen molar-refractivity contribution in [1.82, 2.24) is 14.5 Å². The summed E-state index contributed by atoms with van der Waals surface area (Å²) >= 11 is 0. The molecular formula is C21H33N4O5P. The van der Waals surface area contributed by atoms with Gasteiger partial charge in [0.2, 0.25) is 0 Å². The number of carbonyl (C=O) groups excluding carboxylic acids is 1. The number of urea groups is 1. The second kappa shape index (κ2) is 9.71. The highest BCUT2D eigenvalue weighted by Crippen LogP contribution is 2.43. The van der Waals surface area contributed by atoms with Crippen molar-refractivity contribution < 1.29 is 24.0 Å². The van der Waals surface area contributed by atoms with Crippen LogP contribution >= 0.6 is 7.82 Å². The lowest BCUT2D eigenvalue weighted by molar-refractivity contribution is 0.131. The van der Waals surface area contributed by atoms with Crippen molar-refractivity contribution in [2.45, 2.75) is 52.0 Å². The van der Waals surface area contributed by atoms with Crippen LogP contribution in [-0.4, -0.2) is 67.4 Å². The number of amides is 2. The second-order valence-electron chi connectivity index (χ2n) is 8.02. The molecule has 2 heterocycles. The van der Waals surface area contributed by atoms with Crippen LogP contribution in [0.5, 0.6) is 0 Å². The number of nitrogens with one attached hydrogen (secondary N) is 1. The van der Waals surface area contributed by atoms with Gasteiger partial charge in [0.05, 0.1) is 5.52 Å². The Morgan fingerprint density at radius 3 is 2.52 bits per heavy atom. The van der Waals surface area contributed by atoms with E-state index in [2.05, 4.69) is 41.6 Å². The quantitative estimate of drug-likeness (QED) is 0.530. The van der Waals surface area contributed by atoms with Gasteiger partial charge < -0.3 is 19.6 Å². The van der Waals surface area contributed by atoms with Crippen molar-refractivity contribution in [3.05, 3.63) is 35.5 Å². The highest BCUT2D eigenvalue weighted by atomic mass is 31.2. The maximum atomic E-state index is 12.6. The zero-order valence-electron chi connectivity index (χ0n) is 18.4. The fraction of sp³-hybridized carbons (Fsp3) is 0.571. The minimum atomic E-state index is -4.64. The van der Waals surface area contributed by atoms with Gasteiger partial charge in [0.15, 0.2) is 0 Å². The molecule has 0 unspecified atom stereocenters. The number of piperidine rings is 1. The van der Waals surface area contributed by atoms with Crippen molar-refractivity contribution in [1.29, 1.82) is 0 Å². The van der Waals surface area contributed by atoms with Gasteiger partial charge in [-0.15, -0.1) is 0 Å². The predicted molar refractivity (Wildman–Crippen MR) is 121 cm³/mol. The van der Waals surface area contributed by atoms with Gasteiger partial charge in [-0.05, 0) is 63.4 Å². The molecule has 1 fully saturated rings. The Labute approximate surface area is 182 Å². The van der Waals surface area contributed by atoms with Crippen LogP contribution in [0.15, 0.2) is 24.4 Å². The molecule has 1 aliphatic carbocycles. The maximum Gasteiger partial charge on any atom is 0.466 e. The van der Waals surface area contributed by atoms with Crippen LogP contribution < -0.4 is 5.43 Å². The first-order valence-corrected chi connectivity index (χ1v) is 12.5. The van der Waals surface area contributed by atoms with Gasteiger partial charge in [-0.25, -0.2) is 14.8 Å². The summed E-state index contributed by atoms with van der Waals surface area (Å²) in [6.45, 7) is 10.1. The van der Waals surface area contributed by atoms with E-state index in [1.165, 1.54) is 35.9 Å². The SMILES string of the molecule is CCN(CC)C(=O)Nn1cc2c3c(cccc31)[C@H]1CCCN(CC)[C@@H]1C2.O=P(O)(O)O. The molecule has 2 aliphatic rings. The maximum absolute atomic E-state index is 12.6. The summed E-state index contributed by atoms with van der Waals surface area (Å²) in [5.41, 5.74) is 7.07. The number of rotatable bonds is 4. The van der Waals surface area contributed by atoms with Crippen molar-refractivity contribution in [3.63, 3.8) is 0 Å². The zero-order chi connectivity index (χ0) is 22.8. The molecule has 0 radical (unpaired) electrons. The van der Waals surface area contributed by atoms with E-state index in [4.69, 9.17) is 19.2 Å². The molecule has 1 aliphatic heterocycles. The summed E-state index contributed by atoms with van der Waals surface area (Å²) in [6, 6.07) is 7.15. The number of aromatic nitrogens is 1. The molecule has 1 saturated heterocycles. The summed E-state index contributed by atoms with van der Waals surface area (Å²) in [7, 11) is -4.64. The minimum Gasteiger partial charge on any atom is -0.324 e. The highest BCUT2D eigenvalue weighted by Gasteiger charge is 2.37. The normalized spacial score (nSPS) is 20.6. The number of nitrogens with zero attached hydrogens (tertiary/aromatic N) is 3. The molecular weight excluding hydrogens is 419 g/mol. The van der Waals surface area contributed by atoms with Gasteiger partial charge in [0, 0.05) is 36.6 Å². The third-order valence-corrected chi connectivity index (χ3v) is 6.34. The first-order chi connectivity index (χ1) is 14.7. The fourth-order valence-electron chi connectivity index (χ4n) is 5.02. The Bertz CT molecular complexity index is 960. The lowest BCUT2D eigenvalue weighted by Gasteiger charge is -2.43. The number of hydrogen-bond acceptors (Lipinski definition) is 3. The van der Waals surface area contributed by atoms with E-state index < -0.39 is 7.82 Å². The van der Waals surface area contributed by atoms with E-state index in [0.29, 0.717) is 12.0 Å². The number of likely N-dealkylation sites (tertiary alicyclic amines) is 1. The summed E-state index contributed by atoms with van der Waals surface area (Å²) in [5, 5.41) is 1.37. The van der Waals surface area contributed by atoms with Gasteiger partial charge in [-0.3, -0.25) is 9.58 Å². The number of benzene rings is 1. The number of phosphoric acid groups is 1. The molecule has 1 aromatic heterocycles. The molecule has 2 aromatic rings. The Kier molecular flexibility index (Phi) is 7.44. The standard InChI is InChI=1S/C21H30N4O.H3O4P/c1-4-23(5-2)21(26)22-25-14-15-13-19-16(10-8-12-24(19)6-3)17-9-7-11-18(25)20(15)17;1-5(2,3)4/h7,9,11,14,16,19H,4-6,8,10,12-13H2,1-3H3,(H,22,26);(H3,1,2,3,4)/t16-,19-;/m1./s1. The summed E-state index contributed by atoms with van der Waals surface area (Å²) in [6.07, 6.45) is 5.78. The van der Waals surface area contributed by atoms with Crippen LogP contribution in [0.3, 0.4) is 0 Å². The topological polar surface area (TPSA) is 118 Å². The van der Waals surface area contributed by atoms with Crippen LogP contribution in [0.1, 0.15) is 50.7 Å². The molecule has 0 bridgehead atoms. The molecule has 1 aromatic carbocycles. The van der Waals surface area contributed by atoms with Gasteiger partial charge in [0.1, 0.15) is 0 Å². The average Bonchev–Trinajstić information content (AvgIpc) is 3.06. The van der Waals surface area contributed by atoms with Gasteiger partial charge in [-0.1, -0.05) is 19.1 Å². The molecule has 2 atom stereocenters. The van der Waals surface area contributed by atoms with E-state index in [1.807, 2.05) is 23.4 Å². The van der Waals surface area contributed by atoms with Gasteiger partial charge in [0.25, 0.3) is 0 Å². The molecule has 0 spiro atoms. The number of carbonyl (C=O) groups is 1. The fourth-order valence-corrected chi connectivity index (χ4v) is 5.02. The van der Waals surface area contributed by atoms with Crippen LogP contribution in [0.25, 0.3) is 10.9 Å². The van der Waals surface area contributed by atoms with Crippen LogP contribution in [0.2, 0.25) is 0 Å². The second-order valence-corrected chi connectivity index (χ2v) is 9.04. The zero-order valence-corrected chi connectivity index (χ0v) is 19.3. The van der Waals surface area contributed by atoms with Crippen LogP contribution in [-0.2, 0) is 11.0 Å². The Hall–Kier alpha value is -1.90. The molecule has 0 saturated carbocycles. The summed E-state index contributed by atoms with van der Waals surface area (Å²) in [4.78, 5) is 38.6. The molecule has 31 heavy (non-hydrogen) atoms. The highest BCUT2D eigenvalue weighted by molar-refractivity contribution is 7.45. The van der Waals surface area contributed by atoms with Crippen molar-refractivity contribution in [2.24, 2.45) is 0 Å². The smallest absolute Gasteiger partial charge is 0.324 e. The predicted octanol–water partition coefficient (Wildman–Crippen LogP) is 2.84.